The van der Waals surface area contributed by atoms with E-state index in [4.69, 9.17) is 0 Å². The third-order valence-corrected chi connectivity index (χ3v) is 5.13. The third kappa shape index (κ3) is 2.06. The maximum absolute atomic E-state index is 11.1. The molecule has 0 radical (unpaired) electrons. The summed E-state index contributed by atoms with van der Waals surface area (Å²) in [4.78, 5) is 0. The summed E-state index contributed by atoms with van der Waals surface area (Å²) in [6, 6.07) is 0. The van der Waals surface area contributed by atoms with Crippen LogP contribution in [0, 0.1) is 17.8 Å². The second-order valence-corrected chi connectivity index (χ2v) is 6.74. The Morgan fingerprint density at radius 2 is 1.94 bits per heavy atom. The van der Waals surface area contributed by atoms with Gasteiger partial charge in [-0.3, -0.25) is 0 Å². The van der Waals surface area contributed by atoms with Gasteiger partial charge in [-0.2, -0.15) is 0 Å². The predicted molar refractivity (Wildman–Crippen MR) is 69.6 cm³/mol. The molecule has 0 aromatic carbocycles. The van der Waals surface area contributed by atoms with Gasteiger partial charge in [0.2, 0.25) is 0 Å². The molecule has 2 saturated carbocycles. The lowest BCUT2D eigenvalue weighted by Gasteiger charge is -2.56. The van der Waals surface area contributed by atoms with Crippen molar-refractivity contribution >= 4 is 0 Å². The Balaban J connectivity index is 2.34. The lowest BCUT2D eigenvalue weighted by molar-refractivity contribution is -0.198. The smallest absolute Gasteiger partial charge is 0.0739 e. The maximum Gasteiger partial charge on any atom is 0.0739 e. The van der Waals surface area contributed by atoms with Gasteiger partial charge in [0, 0.05) is 5.92 Å². The van der Waals surface area contributed by atoms with Crippen molar-refractivity contribution in [3.8, 4) is 0 Å². The summed E-state index contributed by atoms with van der Waals surface area (Å²) in [5.41, 5.74) is -0.231. The first-order valence-corrected chi connectivity index (χ1v) is 6.89. The summed E-state index contributed by atoms with van der Waals surface area (Å²) in [5, 5.41) is 21.6. The van der Waals surface area contributed by atoms with Crippen LogP contribution in [0.5, 0.6) is 0 Å². The molecule has 2 aliphatic carbocycles. The fraction of sp³-hybridized carbons (Fsp3) is 0.867. The average molecular weight is 238 g/mol. The van der Waals surface area contributed by atoms with Crippen molar-refractivity contribution < 1.29 is 10.2 Å². The lowest BCUT2D eigenvalue weighted by Crippen LogP contribution is -2.61. The number of rotatable bonds is 1. The van der Waals surface area contributed by atoms with Crippen molar-refractivity contribution in [1.29, 1.82) is 0 Å². The van der Waals surface area contributed by atoms with Crippen molar-refractivity contribution in [2.24, 2.45) is 17.8 Å². The summed E-state index contributed by atoms with van der Waals surface area (Å²) in [5.74, 6) is 0.767. The number of hydrogen-bond acceptors (Lipinski definition) is 2. The molecule has 0 aromatic heterocycles. The van der Waals surface area contributed by atoms with E-state index < -0.39 is 11.2 Å². The Labute approximate surface area is 105 Å². The van der Waals surface area contributed by atoms with Crippen LogP contribution in [0.1, 0.15) is 52.9 Å². The SMILES string of the molecule is C=C1CC[C@]2(O)C(C1)[C@@](C)(O)CC[C@H]2C(C)C. The van der Waals surface area contributed by atoms with Crippen molar-refractivity contribution in [2.45, 2.75) is 64.1 Å². The normalized spacial score (nSPS) is 47.1. The van der Waals surface area contributed by atoms with Gasteiger partial charge in [0.15, 0.2) is 0 Å². The minimum absolute atomic E-state index is 0.0302. The van der Waals surface area contributed by atoms with Gasteiger partial charge in [-0.25, -0.2) is 0 Å². The van der Waals surface area contributed by atoms with Gasteiger partial charge in [0.25, 0.3) is 0 Å². The molecule has 0 spiro atoms. The molecule has 98 valence electrons. The molecule has 4 atom stereocenters. The lowest BCUT2D eigenvalue weighted by atomic mass is 9.54. The van der Waals surface area contributed by atoms with Gasteiger partial charge in [0.05, 0.1) is 11.2 Å². The van der Waals surface area contributed by atoms with Crippen molar-refractivity contribution in [3.05, 3.63) is 12.2 Å². The molecule has 0 saturated heterocycles. The van der Waals surface area contributed by atoms with Crippen LogP contribution < -0.4 is 0 Å². The van der Waals surface area contributed by atoms with Gasteiger partial charge in [-0.15, -0.1) is 0 Å². The van der Waals surface area contributed by atoms with Crippen LogP contribution in [0.2, 0.25) is 0 Å². The largest absolute Gasteiger partial charge is 0.390 e. The van der Waals surface area contributed by atoms with Crippen molar-refractivity contribution in [3.63, 3.8) is 0 Å². The predicted octanol–water partition coefficient (Wildman–Crippen LogP) is 2.89. The highest BCUT2D eigenvalue weighted by atomic mass is 16.3. The molecule has 2 rings (SSSR count). The second kappa shape index (κ2) is 4.10. The summed E-state index contributed by atoms with van der Waals surface area (Å²) in [6.45, 7) is 10.3. The third-order valence-electron chi connectivity index (χ3n) is 5.13. The van der Waals surface area contributed by atoms with E-state index in [2.05, 4.69) is 20.4 Å². The van der Waals surface area contributed by atoms with E-state index in [1.54, 1.807) is 0 Å². The van der Waals surface area contributed by atoms with Crippen LogP contribution in [-0.2, 0) is 0 Å². The standard InChI is InChI=1S/C15H26O2/c1-10(2)12-6-7-14(4,16)13-9-11(3)5-8-15(12,13)17/h10,12-13,16-17H,3,5-9H2,1-2,4H3/t12-,13?,14-,15+/m0/s1. The van der Waals surface area contributed by atoms with Crippen LogP contribution in [-0.4, -0.2) is 21.4 Å². The van der Waals surface area contributed by atoms with Gasteiger partial charge in [0.1, 0.15) is 0 Å². The zero-order chi connectivity index (χ0) is 12.8. The highest BCUT2D eigenvalue weighted by Crippen LogP contribution is 2.54. The molecular weight excluding hydrogens is 212 g/mol. The molecule has 2 nitrogen and oxygen atoms in total. The van der Waals surface area contributed by atoms with E-state index in [0.29, 0.717) is 11.8 Å². The zero-order valence-electron chi connectivity index (χ0n) is 11.4. The molecule has 1 unspecified atom stereocenters. The molecule has 2 heteroatoms. The maximum atomic E-state index is 11.1. The number of allylic oxidation sites excluding steroid dienone is 1. The van der Waals surface area contributed by atoms with E-state index in [1.807, 2.05) is 6.92 Å². The van der Waals surface area contributed by atoms with Crippen LogP contribution in [0.15, 0.2) is 12.2 Å². The molecule has 17 heavy (non-hydrogen) atoms. The summed E-state index contributed by atoms with van der Waals surface area (Å²) >= 11 is 0. The summed E-state index contributed by atoms with van der Waals surface area (Å²) in [6.07, 6.45) is 4.20. The number of aliphatic hydroxyl groups is 2. The van der Waals surface area contributed by atoms with Crippen molar-refractivity contribution in [1.82, 2.24) is 0 Å². The van der Waals surface area contributed by atoms with Gasteiger partial charge < -0.3 is 10.2 Å². The first-order valence-electron chi connectivity index (χ1n) is 6.89. The first kappa shape index (κ1) is 13.1. The van der Waals surface area contributed by atoms with Gasteiger partial charge in [-0.1, -0.05) is 26.0 Å². The fourth-order valence-electron chi connectivity index (χ4n) is 4.10. The second-order valence-electron chi connectivity index (χ2n) is 6.74. The monoisotopic (exact) mass is 238 g/mol. The number of hydrogen-bond donors (Lipinski definition) is 2. The van der Waals surface area contributed by atoms with Crippen LogP contribution in [0.3, 0.4) is 0 Å². The first-order chi connectivity index (χ1) is 7.77. The molecule has 2 fully saturated rings. The van der Waals surface area contributed by atoms with Gasteiger partial charge in [-0.05, 0) is 50.9 Å². The molecular formula is C15H26O2. The molecule has 2 aliphatic rings. The zero-order valence-corrected chi connectivity index (χ0v) is 11.4. The Bertz CT molecular complexity index is 319. The molecule has 0 amide bonds. The van der Waals surface area contributed by atoms with Crippen LogP contribution in [0.4, 0.5) is 0 Å². The Kier molecular flexibility index (Phi) is 3.16. The Hall–Kier alpha value is -0.340. The van der Waals surface area contributed by atoms with Crippen LogP contribution in [0.25, 0.3) is 0 Å². The van der Waals surface area contributed by atoms with E-state index in [9.17, 15) is 10.2 Å². The minimum Gasteiger partial charge on any atom is -0.390 e. The Morgan fingerprint density at radius 1 is 1.29 bits per heavy atom. The highest BCUT2D eigenvalue weighted by Gasteiger charge is 2.56. The molecule has 2 N–H and O–H groups in total. The van der Waals surface area contributed by atoms with Crippen LogP contribution >= 0.6 is 0 Å². The molecule has 0 bridgehead atoms. The molecule has 0 aliphatic heterocycles. The highest BCUT2D eigenvalue weighted by molar-refractivity contribution is 5.15. The number of fused-ring (bicyclic) bond motifs is 1. The Morgan fingerprint density at radius 3 is 2.53 bits per heavy atom. The molecule has 0 heterocycles. The average Bonchev–Trinajstić information content (AvgIpc) is 2.20. The van der Waals surface area contributed by atoms with E-state index in [0.717, 1.165) is 32.1 Å². The minimum atomic E-state index is -0.733. The quantitative estimate of drug-likeness (QED) is 0.690. The summed E-state index contributed by atoms with van der Waals surface area (Å²) in [7, 11) is 0. The van der Waals surface area contributed by atoms with Crippen molar-refractivity contribution in [2.75, 3.05) is 0 Å². The fourth-order valence-corrected chi connectivity index (χ4v) is 4.10. The topological polar surface area (TPSA) is 40.5 Å². The van der Waals surface area contributed by atoms with E-state index >= 15 is 0 Å². The summed E-state index contributed by atoms with van der Waals surface area (Å²) < 4.78 is 0. The van der Waals surface area contributed by atoms with Gasteiger partial charge >= 0.3 is 0 Å². The molecule has 0 aromatic rings. The van der Waals surface area contributed by atoms with E-state index in [1.165, 1.54) is 5.57 Å². The van der Waals surface area contributed by atoms with E-state index in [-0.39, 0.29) is 5.92 Å².